The molecule has 114 valence electrons. The van der Waals surface area contributed by atoms with E-state index in [1.807, 2.05) is 12.1 Å². The summed E-state index contributed by atoms with van der Waals surface area (Å²) in [5, 5.41) is 8.95. The zero-order valence-electron chi connectivity index (χ0n) is 12.3. The molecule has 1 aromatic rings. The Kier molecular flexibility index (Phi) is 4.80. The summed E-state index contributed by atoms with van der Waals surface area (Å²) in [6, 6.07) is 7.53. The number of esters is 1. The van der Waals surface area contributed by atoms with E-state index < -0.39 is 6.09 Å². The van der Waals surface area contributed by atoms with Crippen molar-refractivity contribution in [1.29, 1.82) is 0 Å². The van der Waals surface area contributed by atoms with Crippen LogP contribution in [0.2, 0.25) is 0 Å². The summed E-state index contributed by atoms with van der Waals surface area (Å²) < 4.78 is 4.68. The van der Waals surface area contributed by atoms with Crippen molar-refractivity contribution in [2.75, 3.05) is 33.3 Å². The summed E-state index contributed by atoms with van der Waals surface area (Å²) in [6.45, 7) is 4.57. The molecule has 1 N–H and O–H groups in total. The van der Waals surface area contributed by atoms with Crippen molar-refractivity contribution in [3.63, 3.8) is 0 Å². The molecule has 1 amide bonds. The first-order valence-corrected chi connectivity index (χ1v) is 6.93. The molecule has 1 heterocycles. The second-order valence-electron chi connectivity index (χ2n) is 5.10. The number of benzene rings is 1. The van der Waals surface area contributed by atoms with E-state index in [4.69, 9.17) is 5.11 Å². The highest BCUT2D eigenvalue weighted by molar-refractivity contribution is 5.89. The third-order valence-electron chi connectivity index (χ3n) is 3.95. The normalized spacial score (nSPS) is 17.3. The average molecular weight is 292 g/mol. The lowest BCUT2D eigenvalue weighted by atomic mass is 10.0. The molecule has 0 unspecified atom stereocenters. The van der Waals surface area contributed by atoms with Crippen LogP contribution in [0.15, 0.2) is 24.3 Å². The van der Waals surface area contributed by atoms with Gasteiger partial charge < -0.3 is 14.7 Å². The number of nitrogens with zero attached hydrogens (tertiary/aromatic N) is 2. The molecular formula is C15H20N2O4. The lowest BCUT2D eigenvalue weighted by molar-refractivity contribution is 0.0600. The highest BCUT2D eigenvalue weighted by Gasteiger charge is 2.24. The van der Waals surface area contributed by atoms with Gasteiger partial charge in [-0.25, -0.2) is 9.59 Å². The van der Waals surface area contributed by atoms with Crippen LogP contribution in [0.25, 0.3) is 0 Å². The van der Waals surface area contributed by atoms with Gasteiger partial charge in [-0.2, -0.15) is 0 Å². The third kappa shape index (κ3) is 3.52. The Morgan fingerprint density at radius 2 is 1.71 bits per heavy atom. The van der Waals surface area contributed by atoms with Crippen molar-refractivity contribution in [3.05, 3.63) is 35.4 Å². The van der Waals surface area contributed by atoms with Crippen LogP contribution < -0.4 is 0 Å². The van der Waals surface area contributed by atoms with Gasteiger partial charge in [0.1, 0.15) is 0 Å². The summed E-state index contributed by atoms with van der Waals surface area (Å²) in [5.74, 6) is -0.343. The molecule has 0 spiro atoms. The Bertz CT molecular complexity index is 507. The highest BCUT2D eigenvalue weighted by Crippen LogP contribution is 2.22. The fourth-order valence-corrected chi connectivity index (χ4v) is 2.53. The molecule has 21 heavy (non-hydrogen) atoms. The summed E-state index contributed by atoms with van der Waals surface area (Å²) in [5.41, 5.74) is 1.63. The van der Waals surface area contributed by atoms with Crippen LogP contribution in [0.3, 0.4) is 0 Å². The zero-order chi connectivity index (χ0) is 15.4. The van der Waals surface area contributed by atoms with Crippen molar-refractivity contribution >= 4 is 12.1 Å². The standard InChI is InChI=1S/C15H20N2O4/c1-11(16-7-9-17(10-8-16)15(19)20)12-3-5-13(6-4-12)14(18)21-2/h3-6,11H,7-10H2,1-2H3,(H,19,20)/t11-/m1/s1. The molecule has 0 aliphatic carbocycles. The van der Waals surface area contributed by atoms with Crippen molar-refractivity contribution in [2.45, 2.75) is 13.0 Å². The zero-order valence-corrected chi connectivity index (χ0v) is 12.3. The van der Waals surface area contributed by atoms with E-state index in [9.17, 15) is 9.59 Å². The number of methoxy groups -OCH3 is 1. The van der Waals surface area contributed by atoms with Gasteiger partial charge in [0, 0.05) is 32.2 Å². The minimum atomic E-state index is -0.857. The predicted molar refractivity (Wildman–Crippen MR) is 77.4 cm³/mol. The smallest absolute Gasteiger partial charge is 0.407 e. The molecule has 1 atom stereocenters. The minimum Gasteiger partial charge on any atom is -0.465 e. The largest absolute Gasteiger partial charge is 0.465 e. The van der Waals surface area contributed by atoms with Crippen LogP contribution in [-0.2, 0) is 4.74 Å². The Balaban J connectivity index is 1.99. The van der Waals surface area contributed by atoms with Gasteiger partial charge in [-0.1, -0.05) is 12.1 Å². The summed E-state index contributed by atoms with van der Waals surface area (Å²) in [4.78, 5) is 26.0. The number of carbonyl (C=O) groups is 2. The van der Waals surface area contributed by atoms with E-state index >= 15 is 0 Å². The Morgan fingerprint density at radius 1 is 1.14 bits per heavy atom. The molecule has 1 aromatic carbocycles. The van der Waals surface area contributed by atoms with E-state index in [1.54, 1.807) is 12.1 Å². The number of amides is 1. The quantitative estimate of drug-likeness (QED) is 0.861. The van der Waals surface area contributed by atoms with Gasteiger partial charge >= 0.3 is 12.1 Å². The second-order valence-corrected chi connectivity index (χ2v) is 5.10. The first-order valence-electron chi connectivity index (χ1n) is 6.93. The number of ether oxygens (including phenoxy) is 1. The first-order chi connectivity index (χ1) is 10.0. The molecule has 0 bridgehead atoms. The van der Waals surface area contributed by atoms with Gasteiger partial charge in [0.2, 0.25) is 0 Å². The lowest BCUT2D eigenvalue weighted by Crippen LogP contribution is -2.48. The second kappa shape index (κ2) is 6.58. The highest BCUT2D eigenvalue weighted by atomic mass is 16.5. The molecule has 0 radical (unpaired) electrons. The third-order valence-corrected chi connectivity index (χ3v) is 3.95. The number of piperazine rings is 1. The van der Waals surface area contributed by atoms with Gasteiger partial charge in [-0.05, 0) is 24.6 Å². The first kappa shape index (κ1) is 15.3. The van der Waals surface area contributed by atoms with Crippen molar-refractivity contribution in [2.24, 2.45) is 0 Å². The molecule has 6 nitrogen and oxygen atoms in total. The fraction of sp³-hybridized carbons (Fsp3) is 0.467. The molecule has 6 heteroatoms. The number of carbonyl (C=O) groups excluding carboxylic acids is 1. The molecule has 1 fully saturated rings. The van der Waals surface area contributed by atoms with E-state index in [2.05, 4.69) is 16.6 Å². The number of rotatable bonds is 3. The summed E-state index contributed by atoms with van der Waals surface area (Å²) >= 11 is 0. The molecule has 0 saturated carbocycles. The van der Waals surface area contributed by atoms with Gasteiger partial charge in [-0.3, -0.25) is 4.90 Å². The van der Waals surface area contributed by atoms with Crippen LogP contribution in [0.1, 0.15) is 28.9 Å². The van der Waals surface area contributed by atoms with E-state index in [0.29, 0.717) is 31.7 Å². The monoisotopic (exact) mass is 292 g/mol. The van der Waals surface area contributed by atoms with Gasteiger partial charge in [0.25, 0.3) is 0 Å². The van der Waals surface area contributed by atoms with Crippen molar-refractivity contribution in [3.8, 4) is 0 Å². The maximum absolute atomic E-state index is 11.4. The van der Waals surface area contributed by atoms with Crippen LogP contribution in [0, 0.1) is 0 Å². The SMILES string of the molecule is COC(=O)c1ccc([C@@H](C)N2CCN(C(=O)O)CC2)cc1. The minimum absolute atomic E-state index is 0.188. The summed E-state index contributed by atoms with van der Waals surface area (Å²) in [7, 11) is 1.36. The van der Waals surface area contributed by atoms with Crippen molar-refractivity contribution < 1.29 is 19.4 Å². The topological polar surface area (TPSA) is 70.1 Å². The molecule has 1 aliphatic heterocycles. The van der Waals surface area contributed by atoms with Crippen LogP contribution in [0.4, 0.5) is 4.79 Å². The Labute approximate surface area is 123 Å². The predicted octanol–water partition coefficient (Wildman–Crippen LogP) is 1.83. The van der Waals surface area contributed by atoms with Crippen LogP contribution in [-0.4, -0.2) is 60.3 Å². The fourth-order valence-electron chi connectivity index (χ4n) is 2.53. The lowest BCUT2D eigenvalue weighted by Gasteiger charge is -2.37. The maximum atomic E-state index is 11.4. The average Bonchev–Trinajstić information content (AvgIpc) is 2.53. The number of hydrogen-bond donors (Lipinski definition) is 1. The van der Waals surface area contributed by atoms with Crippen LogP contribution in [0.5, 0.6) is 0 Å². The van der Waals surface area contributed by atoms with Gasteiger partial charge in [-0.15, -0.1) is 0 Å². The molecule has 2 rings (SSSR count). The Morgan fingerprint density at radius 3 is 2.19 bits per heavy atom. The number of hydrogen-bond acceptors (Lipinski definition) is 4. The van der Waals surface area contributed by atoms with Crippen molar-refractivity contribution in [1.82, 2.24) is 9.80 Å². The number of carboxylic acid groups (broad SMARTS) is 1. The van der Waals surface area contributed by atoms with Gasteiger partial charge in [0.15, 0.2) is 0 Å². The molecular weight excluding hydrogens is 272 g/mol. The van der Waals surface area contributed by atoms with E-state index in [-0.39, 0.29) is 12.0 Å². The summed E-state index contributed by atoms with van der Waals surface area (Å²) in [6.07, 6.45) is -0.857. The van der Waals surface area contributed by atoms with E-state index in [1.165, 1.54) is 12.0 Å². The molecule has 1 saturated heterocycles. The van der Waals surface area contributed by atoms with Gasteiger partial charge in [0.05, 0.1) is 12.7 Å². The molecule has 1 aliphatic rings. The maximum Gasteiger partial charge on any atom is 0.407 e. The van der Waals surface area contributed by atoms with E-state index in [0.717, 1.165) is 5.56 Å². The molecule has 0 aromatic heterocycles. The Hall–Kier alpha value is -2.08. The van der Waals surface area contributed by atoms with Crippen LogP contribution >= 0.6 is 0 Å².